The Morgan fingerprint density at radius 2 is 1.97 bits per heavy atom. The quantitative estimate of drug-likeness (QED) is 0.355. The molecule has 0 fully saturated rings. The molecule has 1 atom stereocenters. The number of ether oxygens (including phenoxy) is 3. The van der Waals surface area contributed by atoms with E-state index in [1.54, 1.807) is 6.20 Å². The van der Waals surface area contributed by atoms with Gasteiger partial charge < -0.3 is 29.1 Å². The number of hydrogen-bond acceptors (Lipinski definition) is 5. The van der Waals surface area contributed by atoms with Crippen LogP contribution >= 0.6 is 0 Å². The number of amides is 1. The zero-order valence-electron chi connectivity index (χ0n) is 19.9. The van der Waals surface area contributed by atoms with E-state index in [2.05, 4.69) is 38.1 Å². The lowest BCUT2D eigenvalue weighted by Gasteiger charge is -2.28. The monoisotopic (exact) mass is 492 g/mol. The lowest BCUT2D eigenvalue weighted by atomic mass is 9.92. The van der Waals surface area contributed by atoms with Crippen LogP contribution in [0.25, 0.3) is 10.9 Å². The van der Waals surface area contributed by atoms with Gasteiger partial charge in [-0.3, -0.25) is 4.98 Å². The van der Waals surface area contributed by atoms with Gasteiger partial charge in [-0.25, -0.2) is 4.79 Å². The van der Waals surface area contributed by atoms with E-state index in [1.165, 1.54) is 10.9 Å². The fraction of sp³-hybridized carbons (Fsp3) is 0.172. The maximum Gasteiger partial charge on any atom is 0.412 e. The molecule has 5 aromatic rings. The molecule has 2 aliphatic rings. The maximum atomic E-state index is 12.7. The molecule has 0 radical (unpaired) electrons. The molecule has 1 unspecified atom stereocenters. The van der Waals surface area contributed by atoms with Crippen LogP contribution in [0.5, 0.6) is 17.2 Å². The van der Waals surface area contributed by atoms with Crippen LogP contribution in [0.1, 0.15) is 34.3 Å². The summed E-state index contributed by atoms with van der Waals surface area (Å²) in [6, 6.07) is 21.8. The third-order valence-corrected chi connectivity index (χ3v) is 7.02. The number of fused-ring (bicyclic) bond motifs is 5. The number of nitrogens with one attached hydrogen (secondary N) is 2. The fourth-order valence-electron chi connectivity index (χ4n) is 5.31. The van der Waals surface area contributed by atoms with Crippen molar-refractivity contribution in [3.05, 3.63) is 107 Å². The van der Waals surface area contributed by atoms with Gasteiger partial charge >= 0.3 is 6.09 Å². The van der Waals surface area contributed by atoms with Crippen LogP contribution in [0.4, 0.5) is 4.79 Å². The smallest absolute Gasteiger partial charge is 0.412 e. The van der Waals surface area contributed by atoms with Gasteiger partial charge in [0.15, 0.2) is 17.2 Å². The van der Waals surface area contributed by atoms with Crippen LogP contribution in [0, 0.1) is 0 Å². The Bertz CT molecular complexity index is 1620. The van der Waals surface area contributed by atoms with E-state index in [-0.39, 0.29) is 12.8 Å². The van der Waals surface area contributed by atoms with Crippen LogP contribution in [0.15, 0.2) is 79.1 Å². The number of benzene rings is 2. The summed E-state index contributed by atoms with van der Waals surface area (Å²) in [4.78, 5) is 20.6. The normalized spacial score (nSPS) is 15.3. The molecule has 0 aliphatic carbocycles. The summed E-state index contributed by atoms with van der Waals surface area (Å²) in [6.45, 7) is 0.668. The number of rotatable bonds is 5. The molecule has 0 spiro atoms. The zero-order chi connectivity index (χ0) is 24.8. The Labute approximate surface area is 212 Å². The van der Waals surface area contributed by atoms with Crippen molar-refractivity contribution in [2.45, 2.75) is 18.9 Å². The molecule has 8 nitrogen and oxygen atoms in total. The molecular formula is C29H24N4O4. The van der Waals surface area contributed by atoms with Crippen molar-refractivity contribution >= 4 is 17.0 Å². The number of H-pyrrole nitrogens is 1. The van der Waals surface area contributed by atoms with Crippen molar-refractivity contribution in [3.8, 4) is 17.2 Å². The van der Waals surface area contributed by atoms with Crippen LogP contribution in [-0.2, 0) is 12.8 Å². The highest BCUT2D eigenvalue weighted by atomic mass is 16.7. The van der Waals surface area contributed by atoms with Gasteiger partial charge in [-0.1, -0.05) is 30.3 Å². The molecule has 0 bridgehead atoms. The van der Waals surface area contributed by atoms with E-state index in [1.807, 2.05) is 54.7 Å². The summed E-state index contributed by atoms with van der Waals surface area (Å²) in [6.07, 6.45) is 4.53. The summed E-state index contributed by atoms with van der Waals surface area (Å²) in [5.74, 6) is 2.03. The molecule has 37 heavy (non-hydrogen) atoms. The topological polar surface area (TPSA) is 90.4 Å². The van der Waals surface area contributed by atoms with Crippen molar-refractivity contribution in [2.75, 3.05) is 13.3 Å². The maximum absolute atomic E-state index is 12.7. The number of carbonyl (C=O) groups is 1. The number of aromatic nitrogens is 3. The van der Waals surface area contributed by atoms with Crippen LogP contribution < -0.4 is 19.5 Å². The second-order valence-electron chi connectivity index (χ2n) is 9.18. The molecule has 0 saturated carbocycles. The van der Waals surface area contributed by atoms with E-state index in [0.717, 1.165) is 39.7 Å². The second-order valence-corrected chi connectivity index (χ2v) is 9.18. The number of aromatic amines is 1. The highest BCUT2D eigenvalue weighted by Gasteiger charge is 2.33. The summed E-state index contributed by atoms with van der Waals surface area (Å²) < 4.78 is 19.2. The Morgan fingerprint density at radius 1 is 1.08 bits per heavy atom. The van der Waals surface area contributed by atoms with Crippen LogP contribution in [0.3, 0.4) is 0 Å². The summed E-state index contributed by atoms with van der Waals surface area (Å²) >= 11 is 0. The number of pyridine rings is 1. The Balaban J connectivity index is 1.21. The molecule has 1 amide bonds. The SMILES string of the molecule is O=C(NCCc1ccccn1)Oc1ccn2c1Cc1c([nH]c3ccccc13)C2c1ccc2c(c1)OCO2. The zero-order valence-corrected chi connectivity index (χ0v) is 19.9. The van der Waals surface area contributed by atoms with E-state index >= 15 is 0 Å². The third-order valence-electron chi connectivity index (χ3n) is 7.02. The number of hydrogen-bond donors (Lipinski definition) is 2. The summed E-state index contributed by atoms with van der Waals surface area (Å²) in [5, 5.41) is 4.01. The lowest BCUT2D eigenvalue weighted by molar-refractivity contribution is 0.174. The Kier molecular flexibility index (Phi) is 5.09. The van der Waals surface area contributed by atoms with E-state index in [0.29, 0.717) is 25.1 Å². The van der Waals surface area contributed by atoms with Gasteiger partial charge in [-0.2, -0.15) is 0 Å². The Hall–Kier alpha value is -4.72. The average Bonchev–Trinajstić information content (AvgIpc) is 3.65. The van der Waals surface area contributed by atoms with Crippen molar-refractivity contribution in [3.63, 3.8) is 0 Å². The van der Waals surface area contributed by atoms with Gasteiger partial charge in [0, 0.05) is 54.1 Å². The molecule has 2 N–H and O–H groups in total. The highest BCUT2D eigenvalue weighted by Crippen LogP contribution is 2.44. The van der Waals surface area contributed by atoms with Gasteiger partial charge in [0.2, 0.25) is 6.79 Å². The van der Waals surface area contributed by atoms with Crippen molar-refractivity contribution in [1.29, 1.82) is 0 Å². The van der Waals surface area contributed by atoms with E-state index < -0.39 is 6.09 Å². The van der Waals surface area contributed by atoms with Gasteiger partial charge in [-0.05, 0) is 47.5 Å². The predicted octanol–water partition coefficient (Wildman–Crippen LogP) is 4.97. The van der Waals surface area contributed by atoms with Crippen molar-refractivity contribution in [1.82, 2.24) is 19.9 Å². The van der Waals surface area contributed by atoms with Gasteiger partial charge in [0.05, 0.1) is 11.7 Å². The van der Waals surface area contributed by atoms with Crippen molar-refractivity contribution in [2.24, 2.45) is 0 Å². The van der Waals surface area contributed by atoms with E-state index in [4.69, 9.17) is 14.2 Å². The standard InChI is InChI=1S/C29H24N4O4/c34-29(31-13-10-19-5-3-4-12-30-19)37-24-11-14-33-23(24)16-21-20-6-1-2-7-22(20)32-27(21)28(33)18-8-9-25-26(15-18)36-17-35-25/h1-9,11-12,14-15,28,32H,10,13,16-17H2,(H,31,34). The lowest BCUT2D eigenvalue weighted by Crippen LogP contribution is -2.29. The first-order valence-electron chi connectivity index (χ1n) is 12.3. The minimum Gasteiger partial charge on any atom is -0.454 e. The molecule has 3 aromatic heterocycles. The minimum atomic E-state index is -0.478. The molecule has 8 heteroatoms. The van der Waals surface area contributed by atoms with Crippen molar-refractivity contribution < 1.29 is 19.0 Å². The summed E-state index contributed by atoms with van der Waals surface area (Å²) in [5.41, 5.74) is 6.32. The van der Waals surface area contributed by atoms with Gasteiger partial charge in [0.1, 0.15) is 0 Å². The number of carbonyl (C=O) groups excluding carboxylic acids is 1. The average molecular weight is 493 g/mol. The van der Waals surface area contributed by atoms with Gasteiger partial charge in [0.25, 0.3) is 0 Å². The summed E-state index contributed by atoms with van der Waals surface area (Å²) in [7, 11) is 0. The molecule has 7 rings (SSSR count). The van der Waals surface area contributed by atoms with Crippen LogP contribution in [-0.4, -0.2) is 34.0 Å². The first kappa shape index (κ1) is 21.6. The van der Waals surface area contributed by atoms with Gasteiger partial charge in [-0.15, -0.1) is 0 Å². The molecular weight excluding hydrogens is 468 g/mol. The molecule has 5 heterocycles. The van der Waals surface area contributed by atoms with Crippen LogP contribution in [0.2, 0.25) is 0 Å². The molecule has 2 aromatic carbocycles. The second kappa shape index (κ2) is 8.74. The molecule has 2 aliphatic heterocycles. The third kappa shape index (κ3) is 3.78. The number of para-hydroxylation sites is 1. The number of nitrogens with zero attached hydrogens (tertiary/aromatic N) is 2. The largest absolute Gasteiger partial charge is 0.454 e. The fourth-order valence-corrected chi connectivity index (χ4v) is 5.31. The van der Waals surface area contributed by atoms with E-state index in [9.17, 15) is 4.79 Å². The first-order chi connectivity index (χ1) is 18.2. The first-order valence-corrected chi connectivity index (χ1v) is 12.3. The minimum absolute atomic E-state index is 0.134. The molecule has 0 saturated heterocycles. The highest BCUT2D eigenvalue weighted by molar-refractivity contribution is 5.86. The molecule has 184 valence electrons. The predicted molar refractivity (Wildman–Crippen MR) is 137 cm³/mol. The Morgan fingerprint density at radius 3 is 2.89 bits per heavy atom.